The Bertz CT molecular complexity index is 499. The van der Waals surface area contributed by atoms with Crippen LogP contribution in [0.5, 0.6) is 0 Å². The smallest absolute Gasteiger partial charge is 0.191 e. The molecule has 7 nitrogen and oxygen atoms in total. The average Bonchev–Trinajstić information content (AvgIpc) is 3.05. The molecule has 0 amide bonds. The number of aryl methyl sites for hydroxylation is 1. The van der Waals surface area contributed by atoms with Gasteiger partial charge in [0.2, 0.25) is 0 Å². The number of aliphatic imine (C=N–C) groups is 1. The number of hydrogen-bond acceptors (Lipinski definition) is 4. The Morgan fingerprint density at radius 1 is 1.40 bits per heavy atom. The lowest BCUT2D eigenvalue weighted by Crippen LogP contribution is -2.43. The molecule has 1 saturated heterocycles. The fourth-order valence-electron chi connectivity index (χ4n) is 2.66. The second-order valence-corrected chi connectivity index (χ2v) is 6.67. The second kappa shape index (κ2) is 12.5. The van der Waals surface area contributed by atoms with Crippen molar-refractivity contribution in [2.45, 2.75) is 59.1 Å². The number of ether oxygens (including phenoxy) is 1. The van der Waals surface area contributed by atoms with Gasteiger partial charge in [-0.1, -0.05) is 20.8 Å². The van der Waals surface area contributed by atoms with E-state index < -0.39 is 0 Å². The first kappa shape index (κ1) is 22.1. The summed E-state index contributed by atoms with van der Waals surface area (Å²) in [6, 6.07) is 0. The van der Waals surface area contributed by atoms with Gasteiger partial charge in [0.25, 0.3) is 0 Å². The summed E-state index contributed by atoms with van der Waals surface area (Å²) in [7, 11) is 0. The number of nitrogens with one attached hydrogen (secondary N) is 2. The van der Waals surface area contributed by atoms with Gasteiger partial charge in [-0.25, -0.2) is 0 Å². The molecule has 0 radical (unpaired) electrons. The van der Waals surface area contributed by atoms with Gasteiger partial charge < -0.3 is 19.9 Å². The van der Waals surface area contributed by atoms with Crippen molar-refractivity contribution >= 4 is 29.9 Å². The summed E-state index contributed by atoms with van der Waals surface area (Å²) >= 11 is 0. The third-order valence-corrected chi connectivity index (χ3v) is 4.04. The number of aromatic nitrogens is 3. The van der Waals surface area contributed by atoms with Crippen LogP contribution in [0.4, 0.5) is 0 Å². The van der Waals surface area contributed by atoms with E-state index >= 15 is 0 Å². The molecule has 1 aromatic rings. The minimum absolute atomic E-state index is 0. The van der Waals surface area contributed by atoms with Gasteiger partial charge in [-0.15, -0.1) is 34.2 Å². The molecule has 1 aliphatic heterocycles. The van der Waals surface area contributed by atoms with Crippen molar-refractivity contribution in [3.8, 4) is 0 Å². The van der Waals surface area contributed by atoms with Gasteiger partial charge in [0.1, 0.15) is 12.2 Å². The van der Waals surface area contributed by atoms with E-state index in [-0.39, 0.29) is 24.0 Å². The first-order chi connectivity index (χ1) is 11.7. The van der Waals surface area contributed by atoms with Crippen molar-refractivity contribution in [3.05, 3.63) is 12.2 Å². The van der Waals surface area contributed by atoms with E-state index in [2.05, 4.69) is 51.2 Å². The van der Waals surface area contributed by atoms with E-state index in [0.717, 1.165) is 57.4 Å². The predicted molar refractivity (Wildman–Crippen MR) is 112 cm³/mol. The van der Waals surface area contributed by atoms with Gasteiger partial charge in [-0.3, -0.25) is 4.99 Å². The zero-order valence-corrected chi connectivity index (χ0v) is 18.0. The van der Waals surface area contributed by atoms with Crippen molar-refractivity contribution in [3.63, 3.8) is 0 Å². The maximum Gasteiger partial charge on any atom is 0.191 e. The minimum Gasteiger partial charge on any atom is -0.376 e. The lowest BCUT2D eigenvalue weighted by atomic mass is 10.1. The van der Waals surface area contributed by atoms with Crippen LogP contribution in [0.2, 0.25) is 0 Å². The van der Waals surface area contributed by atoms with Gasteiger partial charge >= 0.3 is 0 Å². The normalized spacial score (nSPS) is 18.1. The van der Waals surface area contributed by atoms with Crippen molar-refractivity contribution in [2.24, 2.45) is 10.9 Å². The van der Waals surface area contributed by atoms with Crippen molar-refractivity contribution in [2.75, 3.05) is 26.2 Å². The molecule has 8 heteroatoms. The summed E-state index contributed by atoms with van der Waals surface area (Å²) in [5.74, 6) is 2.42. The largest absolute Gasteiger partial charge is 0.376 e. The highest BCUT2D eigenvalue weighted by Gasteiger charge is 2.14. The molecule has 1 fully saturated rings. The van der Waals surface area contributed by atoms with Gasteiger partial charge in [-0.05, 0) is 25.2 Å². The van der Waals surface area contributed by atoms with E-state index in [1.165, 1.54) is 12.8 Å². The van der Waals surface area contributed by atoms with Crippen LogP contribution in [0.1, 0.15) is 45.9 Å². The van der Waals surface area contributed by atoms with Crippen LogP contribution in [0.3, 0.4) is 0 Å². The van der Waals surface area contributed by atoms with E-state index in [1.54, 1.807) is 6.33 Å². The lowest BCUT2D eigenvalue weighted by Gasteiger charge is -2.24. The maximum atomic E-state index is 5.78. The summed E-state index contributed by atoms with van der Waals surface area (Å²) in [5, 5.41) is 14.9. The standard InChI is InChI=1S/C17H32N6O.HI/c1-4-16-22-21-13-23(16)9-8-18-17(19-11-14(2)3)20-12-15-7-5-6-10-24-15;/h13-15H,4-12H2,1-3H3,(H2,18,19,20);1H. The van der Waals surface area contributed by atoms with E-state index in [9.17, 15) is 0 Å². The Hall–Kier alpha value is -0.900. The topological polar surface area (TPSA) is 76.4 Å². The zero-order valence-electron chi connectivity index (χ0n) is 15.7. The van der Waals surface area contributed by atoms with Crippen LogP contribution in [-0.2, 0) is 17.7 Å². The molecule has 0 saturated carbocycles. The second-order valence-electron chi connectivity index (χ2n) is 6.67. The van der Waals surface area contributed by atoms with E-state index in [1.807, 2.05) is 0 Å². The first-order valence-electron chi connectivity index (χ1n) is 9.19. The molecule has 1 aromatic heterocycles. The van der Waals surface area contributed by atoms with Gasteiger partial charge in [0, 0.05) is 39.2 Å². The third kappa shape index (κ3) is 8.35. The van der Waals surface area contributed by atoms with Crippen LogP contribution >= 0.6 is 24.0 Å². The van der Waals surface area contributed by atoms with Crippen molar-refractivity contribution in [1.29, 1.82) is 0 Å². The van der Waals surface area contributed by atoms with Crippen molar-refractivity contribution < 1.29 is 4.74 Å². The molecule has 0 bridgehead atoms. The van der Waals surface area contributed by atoms with Crippen LogP contribution in [0.15, 0.2) is 11.3 Å². The highest BCUT2D eigenvalue weighted by molar-refractivity contribution is 14.0. The molecule has 0 spiro atoms. The van der Waals surface area contributed by atoms with Crippen LogP contribution in [-0.4, -0.2) is 53.1 Å². The number of guanidine groups is 1. The maximum absolute atomic E-state index is 5.78. The Morgan fingerprint density at radius 3 is 2.92 bits per heavy atom. The Balaban J connectivity index is 0.00000312. The molecule has 2 heterocycles. The van der Waals surface area contributed by atoms with Gasteiger partial charge in [-0.2, -0.15) is 0 Å². The number of rotatable bonds is 8. The molecule has 0 aliphatic carbocycles. The number of halogens is 1. The van der Waals surface area contributed by atoms with Crippen molar-refractivity contribution in [1.82, 2.24) is 25.4 Å². The molecule has 1 atom stereocenters. The van der Waals surface area contributed by atoms with Gasteiger partial charge in [0.05, 0.1) is 6.10 Å². The molecule has 25 heavy (non-hydrogen) atoms. The van der Waals surface area contributed by atoms with E-state index in [4.69, 9.17) is 4.74 Å². The summed E-state index contributed by atoms with van der Waals surface area (Å²) in [4.78, 5) is 4.67. The molecular weight excluding hydrogens is 431 g/mol. The first-order valence-corrected chi connectivity index (χ1v) is 9.19. The summed E-state index contributed by atoms with van der Waals surface area (Å²) < 4.78 is 7.86. The number of hydrogen-bond donors (Lipinski definition) is 2. The minimum atomic E-state index is 0. The van der Waals surface area contributed by atoms with Crippen LogP contribution < -0.4 is 10.6 Å². The van der Waals surface area contributed by atoms with Crippen LogP contribution in [0, 0.1) is 5.92 Å². The zero-order chi connectivity index (χ0) is 17.2. The Kier molecular flexibility index (Phi) is 11.0. The quantitative estimate of drug-likeness (QED) is 0.351. The van der Waals surface area contributed by atoms with E-state index in [0.29, 0.717) is 12.0 Å². The summed E-state index contributed by atoms with van der Waals surface area (Å²) in [6.07, 6.45) is 6.55. The Labute approximate surface area is 168 Å². The number of nitrogens with zero attached hydrogens (tertiary/aromatic N) is 4. The van der Waals surface area contributed by atoms with Crippen LogP contribution in [0.25, 0.3) is 0 Å². The monoisotopic (exact) mass is 464 g/mol. The summed E-state index contributed by atoms with van der Waals surface area (Å²) in [5.41, 5.74) is 0. The predicted octanol–water partition coefficient (Wildman–Crippen LogP) is 2.22. The molecule has 144 valence electrons. The Morgan fingerprint density at radius 2 is 2.24 bits per heavy atom. The summed E-state index contributed by atoms with van der Waals surface area (Å²) in [6.45, 7) is 10.6. The highest BCUT2D eigenvalue weighted by atomic mass is 127. The molecule has 1 unspecified atom stereocenters. The van der Waals surface area contributed by atoms with Gasteiger partial charge in [0.15, 0.2) is 5.96 Å². The third-order valence-electron chi connectivity index (χ3n) is 4.04. The molecule has 0 aromatic carbocycles. The highest BCUT2D eigenvalue weighted by Crippen LogP contribution is 2.11. The average molecular weight is 464 g/mol. The molecule has 2 N–H and O–H groups in total. The SMILES string of the molecule is CCc1nncn1CCNC(=NCC(C)C)NCC1CCCCO1.I. The lowest BCUT2D eigenvalue weighted by molar-refractivity contribution is 0.0194. The fraction of sp³-hybridized carbons (Fsp3) is 0.824. The molecule has 2 rings (SSSR count). The molecular formula is C17H33IN6O. The molecule has 1 aliphatic rings. The fourth-order valence-corrected chi connectivity index (χ4v) is 2.66.